The number of likely N-dealkylation sites (tertiary alicyclic amines) is 1. The van der Waals surface area contributed by atoms with Crippen LogP contribution < -0.4 is 5.32 Å². The number of carboxylic acids is 1. The molecule has 6 nitrogen and oxygen atoms in total. The SMILES string of the molecule is CC(=O)NC(C(=O)N1CCCC1C(=O)O)c1ccccc1. The van der Waals surface area contributed by atoms with Gasteiger partial charge in [-0.25, -0.2) is 4.79 Å². The van der Waals surface area contributed by atoms with E-state index in [2.05, 4.69) is 5.32 Å². The number of amides is 2. The van der Waals surface area contributed by atoms with Crippen molar-refractivity contribution in [1.82, 2.24) is 10.2 Å². The van der Waals surface area contributed by atoms with Gasteiger partial charge in [0.05, 0.1) is 0 Å². The smallest absolute Gasteiger partial charge is 0.326 e. The van der Waals surface area contributed by atoms with E-state index in [9.17, 15) is 19.5 Å². The Morgan fingerprint density at radius 3 is 2.52 bits per heavy atom. The van der Waals surface area contributed by atoms with Gasteiger partial charge in [0, 0.05) is 13.5 Å². The van der Waals surface area contributed by atoms with E-state index in [0.717, 1.165) is 0 Å². The fourth-order valence-corrected chi connectivity index (χ4v) is 2.59. The number of nitrogens with one attached hydrogen (secondary N) is 1. The predicted octanol–water partition coefficient (Wildman–Crippen LogP) is 0.939. The highest BCUT2D eigenvalue weighted by molar-refractivity contribution is 5.91. The highest BCUT2D eigenvalue weighted by Gasteiger charge is 2.37. The van der Waals surface area contributed by atoms with Crippen LogP contribution >= 0.6 is 0 Å². The number of nitrogens with zero attached hydrogens (tertiary/aromatic N) is 1. The molecular weight excluding hydrogens is 272 g/mol. The summed E-state index contributed by atoms with van der Waals surface area (Å²) >= 11 is 0. The van der Waals surface area contributed by atoms with E-state index in [-0.39, 0.29) is 11.8 Å². The Bertz CT molecular complexity index is 544. The molecule has 6 heteroatoms. The molecular formula is C15H18N2O4. The fourth-order valence-electron chi connectivity index (χ4n) is 2.59. The first-order chi connectivity index (χ1) is 10.0. The largest absolute Gasteiger partial charge is 0.480 e. The van der Waals surface area contributed by atoms with Crippen molar-refractivity contribution in [2.75, 3.05) is 6.54 Å². The number of hydrogen-bond acceptors (Lipinski definition) is 3. The Kier molecular flexibility index (Phi) is 4.57. The lowest BCUT2D eigenvalue weighted by Crippen LogP contribution is -2.47. The second kappa shape index (κ2) is 6.39. The molecule has 1 heterocycles. The average Bonchev–Trinajstić information content (AvgIpc) is 2.94. The molecule has 0 bridgehead atoms. The van der Waals surface area contributed by atoms with Crippen molar-refractivity contribution < 1.29 is 19.5 Å². The van der Waals surface area contributed by atoms with Crippen LogP contribution in [0.2, 0.25) is 0 Å². The number of carbonyl (C=O) groups excluding carboxylic acids is 2. The highest BCUT2D eigenvalue weighted by atomic mass is 16.4. The zero-order valence-electron chi connectivity index (χ0n) is 11.8. The van der Waals surface area contributed by atoms with Crippen molar-refractivity contribution in [2.24, 2.45) is 0 Å². The number of carbonyl (C=O) groups is 3. The Balaban J connectivity index is 2.26. The summed E-state index contributed by atoms with van der Waals surface area (Å²) < 4.78 is 0. The van der Waals surface area contributed by atoms with E-state index < -0.39 is 18.1 Å². The Hall–Kier alpha value is -2.37. The summed E-state index contributed by atoms with van der Waals surface area (Å²) in [5, 5.41) is 11.8. The van der Waals surface area contributed by atoms with Crippen molar-refractivity contribution in [3.05, 3.63) is 35.9 Å². The summed E-state index contributed by atoms with van der Waals surface area (Å²) in [6.45, 7) is 1.74. The summed E-state index contributed by atoms with van der Waals surface area (Å²) in [7, 11) is 0. The minimum absolute atomic E-state index is 0.330. The number of aliphatic carboxylic acids is 1. The lowest BCUT2D eigenvalue weighted by molar-refractivity contribution is -0.149. The third kappa shape index (κ3) is 3.39. The summed E-state index contributed by atoms with van der Waals surface area (Å²) in [6.07, 6.45) is 1.10. The molecule has 2 amide bonds. The Labute approximate surface area is 122 Å². The van der Waals surface area contributed by atoms with Crippen LogP contribution in [0.1, 0.15) is 31.4 Å². The topological polar surface area (TPSA) is 86.7 Å². The van der Waals surface area contributed by atoms with Crippen molar-refractivity contribution in [3.63, 3.8) is 0 Å². The first-order valence-corrected chi connectivity index (χ1v) is 6.86. The van der Waals surface area contributed by atoms with E-state index in [0.29, 0.717) is 24.9 Å². The van der Waals surface area contributed by atoms with Gasteiger partial charge < -0.3 is 15.3 Å². The first kappa shape index (κ1) is 15.0. The highest BCUT2D eigenvalue weighted by Crippen LogP contribution is 2.23. The molecule has 1 aromatic carbocycles. The van der Waals surface area contributed by atoms with Crippen LogP contribution in [0.3, 0.4) is 0 Å². The van der Waals surface area contributed by atoms with Gasteiger partial charge in [-0.15, -0.1) is 0 Å². The molecule has 1 saturated heterocycles. The van der Waals surface area contributed by atoms with Gasteiger partial charge in [0.25, 0.3) is 5.91 Å². The standard InChI is InChI=1S/C15H18N2O4/c1-10(18)16-13(11-6-3-2-4-7-11)14(19)17-9-5-8-12(17)15(20)21/h2-4,6-7,12-13H,5,8-9H2,1H3,(H,16,18)(H,20,21). The molecule has 0 spiro atoms. The van der Waals surface area contributed by atoms with Crippen molar-refractivity contribution in [1.29, 1.82) is 0 Å². The molecule has 1 fully saturated rings. The molecule has 1 aliphatic heterocycles. The third-order valence-electron chi connectivity index (χ3n) is 3.55. The average molecular weight is 290 g/mol. The normalized spacial score (nSPS) is 19.1. The Morgan fingerprint density at radius 1 is 1.29 bits per heavy atom. The van der Waals surface area contributed by atoms with Gasteiger partial charge in [0.1, 0.15) is 12.1 Å². The van der Waals surface area contributed by atoms with E-state index in [1.165, 1.54) is 11.8 Å². The molecule has 2 rings (SSSR count). The summed E-state index contributed by atoms with van der Waals surface area (Å²) in [5.74, 6) is -1.71. The second-order valence-corrected chi connectivity index (χ2v) is 5.07. The second-order valence-electron chi connectivity index (χ2n) is 5.07. The van der Waals surface area contributed by atoms with Crippen LogP contribution in [0.5, 0.6) is 0 Å². The lowest BCUT2D eigenvalue weighted by atomic mass is 10.0. The summed E-state index contributed by atoms with van der Waals surface area (Å²) in [5.41, 5.74) is 0.647. The summed E-state index contributed by atoms with van der Waals surface area (Å²) in [4.78, 5) is 36.6. The van der Waals surface area contributed by atoms with E-state index >= 15 is 0 Å². The lowest BCUT2D eigenvalue weighted by Gasteiger charge is -2.27. The third-order valence-corrected chi connectivity index (χ3v) is 3.55. The minimum Gasteiger partial charge on any atom is -0.480 e. The van der Waals surface area contributed by atoms with Crippen LogP contribution in [0.4, 0.5) is 0 Å². The molecule has 0 aliphatic carbocycles. The van der Waals surface area contributed by atoms with Gasteiger partial charge in [-0.3, -0.25) is 9.59 Å². The molecule has 112 valence electrons. The molecule has 21 heavy (non-hydrogen) atoms. The Morgan fingerprint density at radius 2 is 1.95 bits per heavy atom. The van der Waals surface area contributed by atoms with Gasteiger partial charge in [-0.2, -0.15) is 0 Å². The number of benzene rings is 1. The van der Waals surface area contributed by atoms with Gasteiger partial charge in [-0.05, 0) is 18.4 Å². The maximum absolute atomic E-state index is 12.6. The zero-order valence-corrected chi connectivity index (χ0v) is 11.8. The molecule has 1 aliphatic rings. The van der Waals surface area contributed by atoms with Crippen LogP contribution in [-0.4, -0.2) is 40.4 Å². The number of rotatable bonds is 4. The molecule has 1 aromatic rings. The van der Waals surface area contributed by atoms with E-state index in [4.69, 9.17) is 0 Å². The van der Waals surface area contributed by atoms with Crippen molar-refractivity contribution >= 4 is 17.8 Å². The van der Waals surface area contributed by atoms with Crippen molar-refractivity contribution in [3.8, 4) is 0 Å². The van der Waals surface area contributed by atoms with Crippen LogP contribution in [0, 0.1) is 0 Å². The zero-order chi connectivity index (χ0) is 15.4. The van der Waals surface area contributed by atoms with E-state index in [1.54, 1.807) is 24.3 Å². The summed E-state index contributed by atoms with van der Waals surface area (Å²) in [6, 6.07) is 7.19. The fraction of sp³-hybridized carbons (Fsp3) is 0.400. The number of hydrogen-bond donors (Lipinski definition) is 2. The molecule has 0 aromatic heterocycles. The van der Waals surface area contributed by atoms with Crippen LogP contribution in [-0.2, 0) is 14.4 Å². The van der Waals surface area contributed by atoms with Crippen LogP contribution in [0.25, 0.3) is 0 Å². The quantitative estimate of drug-likeness (QED) is 0.864. The molecule has 2 atom stereocenters. The monoisotopic (exact) mass is 290 g/mol. The maximum Gasteiger partial charge on any atom is 0.326 e. The van der Waals surface area contributed by atoms with Crippen molar-refractivity contribution in [2.45, 2.75) is 31.8 Å². The van der Waals surface area contributed by atoms with Crippen LogP contribution in [0.15, 0.2) is 30.3 Å². The molecule has 0 radical (unpaired) electrons. The molecule has 0 saturated carbocycles. The first-order valence-electron chi connectivity index (χ1n) is 6.86. The minimum atomic E-state index is -1.00. The van der Waals surface area contributed by atoms with Gasteiger partial charge in [0.15, 0.2) is 0 Å². The van der Waals surface area contributed by atoms with Gasteiger partial charge >= 0.3 is 5.97 Å². The maximum atomic E-state index is 12.6. The molecule has 2 N–H and O–H groups in total. The predicted molar refractivity (Wildman–Crippen MR) is 75.4 cm³/mol. The van der Waals surface area contributed by atoms with Gasteiger partial charge in [-0.1, -0.05) is 30.3 Å². The number of carboxylic acid groups (broad SMARTS) is 1. The molecule has 2 unspecified atom stereocenters. The van der Waals surface area contributed by atoms with E-state index in [1.807, 2.05) is 6.07 Å². The van der Waals surface area contributed by atoms with Gasteiger partial charge in [0.2, 0.25) is 5.91 Å².